The van der Waals surface area contributed by atoms with Crippen molar-refractivity contribution >= 4 is 38.6 Å². The van der Waals surface area contributed by atoms with Crippen LogP contribution in [0.25, 0.3) is 10.9 Å². The maximum atomic E-state index is 14.1. The van der Waals surface area contributed by atoms with Crippen LogP contribution in [0.1, 0.15) is 34.6 Å². The lowest BCUT2D eigenvalue weighted by molar-refractivity contribution is 0.0524. The molecule has 0 aliphatic heterocycles. The molecule has 0 saturated carbocycles. The molecule has 0 amide bonds. The van der Waals surface area contributed by atoms with Crippen molar-refractivity contribution in [2.75, 3.05) is 11.9 Å². The fourth-order valence-corrected chi connectivity index (χ4v) is 2.61. The van der Waals surface area contributed by atoms with Gasteiger partial charge in [0.05, 0.1) is 23.0 Å². The van der Waals surface area contributed by atoms with Crippen LogP contribution in [0.5, 0.6) is 0 Å². The highest BCUT2D eigenvalue weighted by atomic mass is 79.9. The molecule has 7 heteroatoms. The number of nitrogens with zero attached hydrogens (tertiary/aromatic N) is 1. The number of aromatic nitrogens is 1. The van der Waals surface area contributed by atoms with Crippen LogP contribution < -0.4 is 5.43 Å². The molecule has 0 atom stereocenters. The second kappa shape index (κ2) is 7.04. The molecule has 0 fully saturated rings. The van der Waals surface area contributed by atoms with Crippen molar-refractivity contribution in [1.29, 1.82) is 0 Å². The van der Waals surface area contributed by atoms with E-state index in [0.29, 0.717) is 12.1 Å². The largest absolute Gasteiger partial charge is 0.462 e. The van der Waals surface area contributed by atoms with E-state index in [1.807, 2.05) is 6.92 Å². The molecule has 0 spiro atoms. The topological polar surface area (TPSA) is 65.4 Å². The summed E-state index contributed by atoms with van der Waals surface area (Å²) >= 11 is 3.00. The Morgan fingerprint density at radius 3 is 2.52 bits per heavy atom. The van der Waals surface area contributed by atoms with Gasteiger partial charge in [0.25, 0.3) is 0 Å². The molecule has 0 radical (unpaired) electrons. The van der Waals surface area contributed by atoms with E-state index in [2.05, 4.69) is 15.9 Å². The second-order valence-corrected chi connectivity index (χ2v) is 5.35. The third-order valence-electron chi connectivity index (χ3n) is 3.43. The van der Waals surface area contributed by atoms with Gasteiger partial charge in [-0.3, -0.25) is 9.59 Å². The Kier molecular flexibility index (Phi) is 5.30. The van der Waals surface area contributed by atoms with E-state index in [1.165, 1.54) is 12.3 Å². The molecule has 1 heterocycles. The highest BCUT2D eigenvalue weighted by molar-refractivity contribution is 9.09. The smallest absolute Gasteiger partial charge is 0.343 e. The lowest BCUT2D eigenvalue weighted by Gasteiger charge is -2.12. The summed E-state index contributed by atoms with van der Waals surface area (Å²) in [7, 11) is 0. The number of rotatable bonds is 5. The van der Waals surface area contributed by atoms with Crippen LogP contribution in [-0.4, -0.2) is 28.3 Å². The molecule has 0 unspecified atom stereocenters. The van der Waals surface area contributed by atoms with Crippen LogP contribution in [0.3, 0.4) is 0 Å². The first-order valence-corrected chi connectivity index (χ1v) is 8.19. The average Bonchev–Trinajstić information content (AvgIpc) is 2.54. The molecular formula is C16H15BrFNO4. The summed E-state index contributed by atoms with van der Waals surface area (Å²) in [6.07, 6.45) is 1.38. The van der Waals surface area contributed by atoms with Crippen molar-refractivity contribution in [3.63, 3.8) is 0 Å². The molecule has 2 rings (SSSR count). The van der Waals surface area contributed by atoms with Gasteiger partial charge in [-0.1, -0.05) is 15.9 Å². The minimum atomic E-state index is -0.789. The number of alkyl halides is 1. The number of hydrogen-bond acceptors (Lipinski definition) is 4. The Bertz CT molecular complexity index is 844. The van der Waals surface area contributed by atoms with Gasteiger partial charge in [0.15, 0.2) is 5.78 Å². The number of ether oxygens (including phenoxy) is 1. The van der Waals surface area contributed by atoms with E-state index in [9.17, 15) is 18.8 Å². The van der Waals surface area contributed by atoms with Crippen molar-refractivity contribution in [1.82, 2.24) is 4.57 Å². The molecule has 1 aromatic heterocycles. The first-order chi connectivity index (χ1) is 10.9. The molecule has 0 aliphatic rings. The van der Waals surface area contributed by atoms with Crippen molar-refractivity contribution in [3.8, 4) is 0 Å². The zero-order valence-electron chi connectivity index (χ0n) is 12.7. The Labute approximate surface area is 140 Å². The van der Waals surface area contributed by atoms with Crippen LogP contribution in [0, 0.1) is 5.82 Å². The lowest BCUT2D eigenvalue weighted by Crippen LogP contribution is -2.21. The molecule has 1 aromatic carbocycles. The Hall–Kier alpha value is -2.02. The van der Waals surface area contributed by atoms with E-state index in [-0.39, 0.29) is 28.5 Å². The van der Waals surface area contributed by atoms with Crippen LogP contribution in [0.15, 0.2) is 23.1 Å². The predicted octanol–water partition coefficient (Wildman–Crippen LogP) is 2.91. The number of aryl methyl sites for hydroxylation is 1. The van der Waals surface area contributed by atoms with Crippen LogP contribution in [0.4, 0.5) is 4.39 Å². The highest BCUT2D eigenvalue weighted by Crippen LogP contribution is 2.19. The fraction of sp³-hybridized carbons (Fsp3) is 0.312. The van der Waals surface area contributed by atoms with E-state index >= 15 is 0 Å². The van der Waals surface area contributed by atoms with Gasteiger partial charge in [0, 0.05) is 18.1 Å². The molecule has 5 nitrogen and oxygen atoms in total. The van der Waals surface area contributed by atoms with Gasteiger partial charge in [0.1, 0.15) is 11.4 Å². The molecule has 23 heavy (non-hydrogen) atoms. The number of hydrogen-bond donors (Lipinski definition) is 0. The van der Waals surface area contributed by atoms with Crippen LogP contribution >= 0.6 is 15.9 Å². The monoisotopic (exact) mass is 383 g/mol. The zero-order chi connectivity index (χ0) is 17.1. The summed E-state index contributed by atoms with van der Waals surface area (Å²) in [4.78, 5) is 36.1. The van der Waals surface area contributed by atoms with Crippen molar-refractivity contribution in [3.05, 3.63) is 45.5 Å². The number of carbonyl (C=O) groups is 2. The number of benzene rings is 1. The summed E-state index contributed by atoms with van der Waals surface area (Å²) in [6, 6.07) is 2.34. The van der Waals surface area contributed by atoms with Crippen LogP contribution in [-0.2, 0) is 11.3 Å². The molecule has 0 N–H and O–H groups in total. The third kappa shape index (κ3) is 3.19. The molecule has 0 aliphatic carbocycles. The fourth-order valence-electron chi connectivity index (χ4n) is 2.31. The number of halogens is 2. The zero-order valence-corrected chi connectivity index (χ0v) is 14.3. The Morgan fingerprint density at radius 1 is 1.26 bits per heavy atom. The van der Waals surface area contributed by atoms with Crippen molar-refractivity contribution in [2.45, 2.75) is 20.4 Å². The van der Waals surface area contributed by atoms with E-state index in [0.717, 1.165) is 6.07 Å². The first kappa shape index (κ1) is 17.3. The maximum absolute atomic E-state index is 14.1. The van der Waals surface area contributed by atoms with E-state index in [4.69, 9.17) is 4.74 Å². The number of fused-ring (bicyclic) bond motifs is 1. The Balaban J connectivity index is 2.81. The number of ketones is 1. The number of pyridine rings is 1. The number of esters is 1. The van der Waals surface area contributed by atoms with Gasteiger partial charge < -0.3 is 9.30 Å². The minimum Gasteiger partial charge on any atom is -0.462 e. The first-order valence-electron chi connectivity index (χ1n) is 7.07. The number of carbonyl (C=O) groups excluding carboxylic acids is 2. The second-order valence-electron chi connectivity index (χ2n) is 4.78. The van der Waals surface area contributed by atoms with Crippen molar-refractivity contribution in [2.24, 2.45) is 0 Å². The summed E-state index contributed by atoms with van der Waals surface area (Å²) < 4.78 is 20.6. The molecule has 0 saturated heterocycles. The summed E-state index contributed by atoms with van der Waals surface area (Å²) in [5.41, 5.74) is -0.462. The van der Waals surface area contributed by atoms with Crippen molar-refractivity contribution < 1.29 is 18.7 Å². The minimum absolute atomic E-state index is 0.0211. The lowest BCUT2D eigenvalue weighted by atomic mass is 10.1. The molecule has 122 valence electrons. The highest BCUT2D eigenvalue weighted by Gasteiger charge is 2.19. The van der Waals surface area contributed by atoms with E-state index < -0.39 is 23.0 Å². The SMILES string of the molecule is CCOC(=O)c1cn(CC)c2cc(C(=O)CBr)c(F)cc2c1=O. The summed E-state index contributed by atoms with van der Waals surface area (Å²) in [5.74, 6) is -1.96. The molecular weight excluding hydrogens is 369 g/mol. The predicted molar refractivity (Wildman–Crippen MR) is 87.9 cm³/mol. The van der Waals surface area contributed by atoms with Gasteiger partial charge in [0.2, 0.25) is 5.43 Å². The van der Waals surface area contributed by atoms with Gasteiger partial charge in [-0.2, -0.15) is 0 Å². The standard InChI is InChI=1S/C16H15BrFNO4/c1-3-19-8-11(16(22)23-4-2)15(21)10-5-12(18)9(6-13(10)19)14(20)7-17/h5-6,8H,3-4,7H2,1-2H3. The summed E-state index contributed by atoms with van der Waals surface area (Å²) in [6.45, 7) is 4.02. The normalized spacial score (nSPS) is 10.8. The quantitative estimate of drug-likeness (QED) is 0.452. The van der Waals surface area contributed by atoms with Gasteiger partial charge >= 0.3 is 5.97 Å². The van der Waals surface area contributed by atoms with Gasteiger partial charge in [-0.05, 0) is 26.0 Å². The van der Waals surface area contributed by atoms with Gasteiger partial charge in [-0.15, -0.1) is 0 Å². The van der Waals surface area contributed by atoms with E-state index in [1.54, 1.807) is 11.5 Å². The van der Waals surface area contributed by atoms with Crippen LogP contribution in [0.2, 0.25) is 0 Å². The molecule has 0 bridgehead atoms. The van der Waals surface area contributed by atoms with Gasteiger partial charge in [-0.25, -0.2) is 9.18 Å². The Morgan fingerprint density at radius 2 is 1.96 bits per heavy atom. The maximum Gasteiger partial charge on any atom is 0.343 e. The third-order valence-corrected chi connectivity index (χ3v) is 3.94. The molecule has 2 aromatic rings. The number of Topliss-reactive ketones (excluding diaryl/α,β-unsaturated/α-hetero) is 1. The average molecular weight is 384 g/mol. The summed E-state index contributed by atoms with van der Waals surface area (Å²) in [5, 5.41) is 0.0215.